The van der Waals surface area contributed by atoms with Gasteiger partial charge in [-0.1, -0.05) is 11.6 Å². The second-order valence-electron chi connectivity index (χ2n) is 3.82. The summed E-state index contributed by atoms with van der Waals surface area (Å²) in [5.41, 5.74) is 8.23. The average Bonchev–Trinajstić information content (AvgIpc) is 2.36. The van der Waals surface area contributed by atoms with Crippen molar-refractivity contribution in [3.8, 4) is 0 Å². The molecule has 0 aliphatic heterocycles. The minimum absolute atomic E-state index is 0.0191. The molecule has 2 rings (SSSR count). The number of hydrogen-bond donors (Lipinski definition) is 1. The molecule has 0 fully saturated rings. The second kappa shape index (κ2) is 3.50. The molecule has 72 valence electrons. The van der Waals surface area contributed by atoms with E-state index in [1.807, 2.05) is 6.92 Å². The molecule has 3 nitrogen and oxygen atoms in total. The third-order valence-corrected chi connectivity index (χ3v) is 2.65. The number of aromatic nitrogens is 1. The van der Waals surface area contributed by atoms with E-state index >= 15 is 0 Å². The van der Waals surface area contributed by atoms with Crippen LogP contribution in [0.2, 0.25) is 0 Å². The van der Waals surface area contributed by atoms with Crippen molar-refractivity contribution in [2.75, 3.05) is 0 Å². The molecule has 0 radical (unpaired) electrons. The summed E-state index contributed by atoms with van der Waals surface area (Å²) in [6.45, 7) is 1.95. The van der Waals surface area contributed by atoms with Crippen molar-refractivity contribution < 1.29 is 4.52 Å². The van der Waals surface area contributed by atoms with Gasteiger partial charge < -0.3 is 10.3 Å². The van der Waals surface area contributed by atoms with Crippen LogP contribution in [-0.4, -0.2) is 5.16 Å². The third kappa shape index (κ3) is 1.61. The van der Waals surface area contributed by atoms with Gasteiger partial charge in [-0.3, -0.25) is 0 Å². The van der Waals surface area contributed by atoms with Gasteiger partial charge in [0.25, 0.3) is 0 Å². The van der Waals surface area contributed by atoms with Gasteiger partial charge in [0, 0.05) is 5.56 Å². The van der Waals surface area contributed by atoms with Crippen molar-refractivity contribution in [1.29, 1.82) is 0 Å². The van der Waals surface area contributed by atoms with Gasteiger partial charge in [-0.2, -0.15) is 0 Å². The fraction of sp³-hybridized carbons (Fsp3) is 0.700. The molecular weight excluding hydrogens is 164 g/mol. The topological polar surface area (TPSA) is 52.0 Å². The van der Waals surface area contributed by atoms with Crippen LogP contribution in [-0.2, 0) is 12.8 Å². The van der Waals surface area contributed by atoms with Crippen LogP contribution in [0.4, 0.5) is 0 Å². The number of nitrogens with zero attached hydrogens (tertiary/aromatic N) is 1. The van der Waals surface area contributed by atoms with Crippen LogP contribution in [0.3, 0.4) is 0 Å². The minimum atomic E-state index is -0.0191. The van der Waals surface area contributed by atoms with Crippen molar-refractivity contribution in [2.45, 2.75) is 45.1 Å². The minimum Gasteiger partial charge on any atom is -0.359 e. The summed E-state index contributed by atoms with van der Waals surface area (Å²) in [7, 11) is 0. The van der Waals surface area contributed by atoms with E-state index < -0.39 is 0 Å². The van der Waals surface area contributed by atoms with E-state index in [0.29, 0.717) is 0 Å². The van der Waals surface area contributed by atoms with E-state index in [1.54, 1.807) is 0 Å². The lowest BCUT2D eigenvalue weighted by Gasteiger charge is -2.02. The highest BCUT2D eigenvalue weighted by Gasteiger charge is 2.19. The van der Waals surface area contributed by atoms with Crippen molar-refractivity contribution in [1.82, 2.24) is 5.16 Å². The van der Waals surface area contributed by atoms with Gasteiger partial charge in [0.1, 0.15) is 0 Å². The summed E-state index contributed by atoms with van der Waals surface area (Å²) in [5.74, 6) is 0.900. The normalized spacial score (nSPS) is 19.2. The SMILES string of the molecule is CC(N)c1onc2c1CCCCC2. The predicted octanol–water partition coefficient (Wildman–Crippen LogP) is 1.96. The smallest absolute Gasteiger partial charge is 0.156 e. The average molecular weight is 180 g/mol. The van der Waals surface area contributed by atoms with E-state index in [0.717, 1.165) is 24.3 Å². The molecular formula is C10H16N2O. The van der Waals surface area contributed by atoms with E-state index in [-0.39, 0.29) is 6.04 Å². The molecule has 1 aliphatic rings. The van der Waals surface area contributed by atoms with Gasteiger partial charge in [-0.05, 0) is 32.6 Å². The first-order valence-electron chi connectivity index (χ1n) is 5.02. The maximum atomic E-state index is 5.80. The van der Waals surface area contributed by atoms with Crippen LogP contribution in [0.25, 0.3) is 0 Å². The van der Waals surface area contributed by atoms with Crippen LogP contribution in [0.5, 0.6) is 0 Å². The Morgan fingerprint density at radius 3 is 2.85 bits per heavy atom. The van der Waals surface area contributed by atoms with Crippen LogP contribution in [0.1, 0.15) is 49.2 Å². The lowest BCUT2D eigenvalue weighted by molar-refractivity contribution is 0.359. The van der Waals surface area contributed by atoms with E-state index in [4.69, 9.17) is 10.3 Å². The Kier molecular flexibility index (Phi) is 2.36. The zero-order chi connectivity index (χ0) is 9.26. The van der Waals surface area contributed by atoms with Crippen LogP contribution in [0.15, 0.2) is 4.52 Å². The molecule has 1 aromatic heterocycles. The Balaban J connectivity index is 2.34. The number of rotatable bonds is 1. The summed E-state index contributed by atoms with van der Waals surface area (Å²) in [5, 5.41) is 4.08. The summed E-state index contributed by atoms with van der Waals surface area (Å²) >= 11 is 0. The Hall–Kier alpha value is -0.830. The lowest BCUT2D eigenvalue weighted by atomic mass is 10.1. The number of aryl methyl sites for hydroxylation is 1. The van der Waals surface area contributed by atoms with E-state index in [1.165, 1.54) is 24.8 Å². The first-order valence-corrected chi connectivity index (χ1v) is 5.02. The van der Waals surface area contributed by atoms with Crippen LogP contribution < -0.4 is 5.73 Å². The summed E-state index contributed by atoms with van der Waals surface area (Å²) in [6, 6.07) is -0.0191. The summed E-state index contributed by atoms with van der Waals surface area (Å²) in [6.07, 6.45) is 5.93. The van der Waals surface area contributed by atoms with Gasteiger partial charge >= 0.3 is 0 Å². The highest BCUT2D eigenvalue weighted by Crippen LogP contribution is 2.26. The quantitative estimate of drug-likeness (QED) is 0.672. The lowest BCUT2D eigenvalue weighted by Crippen LogP contribution is -2.06. The molecule has 1 atom stereocenters. The van der Waals surface area contributed by atoms with E-state index in [2.05, 4.69) is 5.16 Å². The van der Waals surface area contributed by atoms with Gasteiger partial charge in [0.15, 0.2) is 5.76 Å². The van der Waals surface area contributed by atoms with Crippen molar-refractivity contribution in [3.05, 3.63) is 17.0 Å². The molecule has 3 heteroatoms. The van der Waals surface area contributed by atoms with Crippen LogP contribution >= 0.6 is 0 Å². The van der Waals surface area contributed by atoms with Gasteiger partial charge in [0.05, 0.1) is 11.7 Å². The zero-order valence-corrected chi connectivity index (χ0v) is 8.05. The maximum absolute atomic E-state index is 5.80. The monoisotopic (exact) mass is 180 g/mol. The molecule has 1 aliphatic carbocycles. The zero-order valence-electron chi connectivity index (χ0n) is 8.05. The molecule has 0 saturated heterocycles. The standard InChI is InChI=1S/C10H16N2O/c1-7(11)10-8-5-3-2-4-6-9(8)12-13-10/h7H,2-6,11H2,1H3. The Bertz CT molecular complexity index is 291. The Morgan fingerprint density at radius 1 is 1.31 bits per heavy atom. The number of fused-ring (bicyclic) bond motifs is 1. The summed E-state index contributed by atoms with van der Waals surface area (Å²) in [4.78, 5) is 0. The first kappa shape index (κ1) is 8.75. The predicted molar refractivity (Wildman–Crippen MR) is 50.4 cm³/mol. The Labute approximate surface area is 78.3 Å². The van der Waals surface area contributed by atoms with Gasteiger partial charge in [0.2, 0.25) is 0 Å². The molecule has 0 spiro atoms. The maximum Gasteiger partial charge on any atom is 0.156 e. The first-order chi connectivity index (χ1) is 6.29. The number of nitrogens with two attached hydrogens (primary N) is 1. The fourth-order valence-corrected chi connectivity index (χ4v) is 1.95. The molecule has 2 N–H and O–H groups in total. The van der Waals surface area contributed by atoms with E-state index in [9.17, 15) is 0 Å². The van der Waals surface area contributed by atoms with Crippen molar-refractivity contribution in [2.24, 2.45) is 5.73 Å². The van der Waals surface area contributed by atoms with Crippen molar-refractivity contribution >= 4 is 0 Å². The Morgan fingerprint density at radius 2 is 2.08 bits per heavy atom. The highest BCUT2D eigenvalue weighted by atomic mass is 16.5. The largest absolute Gasteiger partial charge is 0.359 e. The highest BCUT2D eigenvalue weighted by molar-refractivity contribution is 5.26. The molecule has 1 heterocycles. The molecule has 0 amide bonds. The molecule has 0 bridgehead atoms. The molecule has 0 saturated carbocycles. The van der Waals surface area contributed by atoms with Gasteiger partial charge in [-0.15, -0.1) is 0 Å². The third-order valence-electron chi connectivity index (χ3n) is 2.65. The van der Waals surface area contributed by atoms with Gasteiger partial charge in [-0.25, -0.2) is 0 Å². The second-order valence-corrected chi connectivity index (χ2v) is 3.82. The molecule has 13 heavy (non-hydrogen) atoms. The molecule has 0 aromatic carbocycles. The summed E-state index contributed by atoms with van der Waals surface area (Å²) < 4.78 is 5.26. The number of hydrogen-bond acceptors (Lipinski definition) is 3. The van der Waals surface area contributed by atoms with Crippen molar-refractivity contribution in [3.63, 3.8) is 0 Å². The molecule has 1 unspecified atom stereocenters. The van der Waals surface area contributed by atoms with Crippen LogP contribution in [0, 0.1) is 0 Å². The molecule has 1 aromatic rings. The fourth-order valence-electron chi connectivity index (χ4n) is 1.95.